The number of hydrogen-bond donors (Lipinski definition) is 1. The zero-order chi connectivity index (χ0) is 26.9. The first-order valence-electron chi connectivity index (χ1n) is 12.6. The highest BCUT2D eigenvalue weighted by Gasteiger charge is 2.35. The molecule has 1 aliphatic heterocycles. The van der Waals surface area contributed by atoms with Gasteiger partial charge in [-0.05, 0) is 60.9 Å². The number of carbonyl (C=O) groups excluding carboxylic acids is 2. The molecule has 2 unspecified atom stereocenters. The maximum Gasteiger partial charge on any atom is 0.310 e. The second kappa shape index (κ2) is 12.6. The van der Waals surface area contributed by atoms with Gasteiger partial charge in [0, 0.05) is 18.8 Å². The van der Waals surface area contributed by atoms with E-state index >= 15 is 0 Å². The summed E-state index contributed by atoms with van der Waals surface area (Å²) in [7, 11) is 1.56. The predicted octanol–water partition coefficient (Wildman–Crippen LogP) is 4.71. The maximum absolute atomic E-state index is 13.8. The number of benzene rings is 3. The van der Waals surface area contributed by atoms with Gasteiger partial charge >= 0.3 is 5.97 Å². The Balaban J connectivity index is 1.58. The number of amides is 1. The Morgan fingerprint density at radius 3 is 2.53 bits per heavy atom. The summed E-state index contributed by atoms with van der Waals surface area (Å²) in [6, 6.07) is 23.5. The summed E-state index contributed by atoms with van der Waals surface area (Å²) >= 11 is 0. The number of nitrogens with one attached hydrogen (secondary N) is 1. The number of nitriles is 1. The fraction of sp³-hybridized carbons (Fsp3) is 0.300. The van der Waals surface area contributed by atoms with Crippen LogP contribution in [0.1, 0.15) is 36.1 Å². The van der Waals surface area contributed by atoms with Gasteiger partial charge in [-0.3, -0.25) is 9.59 Å². The minimum Gasteiger partial charge on any atom is -0.493 e. The first-order valence-corrected chi connectivity index (χ1v) is 12.6. The standard InChI is InChI=1S/C30H31N3O5/c1-3-37-30(35)24-15-16-33(19-24)29(34)28(32-25-12-9-21(18-31)10-13-25)23-11-14-26(27(17-23)36-2)38-20-22-7-5-4-6-8-22/h4-14,17,24,28,32H,3,15-16,19-20H2,1-2H3. The minimum absolute atomic E-state index is 0.166. The van der Waals surface area contributed by atoms with Gasteiger partial charge in [0.05, 0.1) is 31.3 Å². The number of rotatable bonds is 10. The van der Waals surface area contributed by atoms with E-state index in [0.717, 1.165) is 5.56 Å². The number of hydrogen-bond acceptors (Lipinski definition) is 7. The topological polar surface area (TPSA) is 101 Å². The fourth-order valence-corrected chi connectivity index (χ4v) is 4.41. The second-order valence-electron chi connectivity index (χ2n) is 8.97. The van der Waals surface area contributed by atoms with Crippen LogP contribution in [0.5, 0.6) is 11.5 Å². The lowest BCUT2D eigenvalue weighted by atomic mass is 10.0. The molecule has 2 atom stereocenters. The largest absolute Gasteiger partial charge is 0.493 e. The van der Waals surface area contributed by atoms with Crippen molar-refractivity contribution < 1.29 is 23.8 Å². The zero-order valence-electron chi connectivity index (χ0n) is 21.6. The molecular formula is C30H31N3O5. The van der Waals surface area contributed by atoms with Crippen molar-refractivity contribution in [2.75, 3.05) is 32.1 Å². The van der Waals surface area contributed by atoms with Crippen LogP contribution in [-0.4, -0.2) is 43.6 Å². The van der Waals surface area contributed by atoms with Crippen LogP contribution in [-0.2, 0) is 20.9 Å². The Kier molecular flexibility index (Phi) is 8.83. The van der Waals surface area contributed by atoms with E-state index in [2.05, 4.69) is 11.4 Å². The van der Waals surface area contributed by atoms with Crippen molar-refractivity contribution in [2.45, 2.75) is 26.0 Å². The van der Waals surface area contributed by atoms with E-state index in [1.165, 1.54) is 0 Å². The summed E-state index contributed by atoms with van der Waals surface area (Å²) in [5.74, 6) is 0.289. The SMILES string of the molecule is CCOC(=O)C1CCN(C(=O)C(Nc2ccc(C#N)cc2)c2ccc(OCc3ccccc3)c(OC)c2)C1. The average molecular weight is 514 g/mol. The molecule has 8 heteroatoms. The van der Waals surface area contributed by atoms with Crippen LogP contribution in [0, 0.1) is 17.2 Å². The Morgan fingerprint density at radius 1 is 1.08 bits per heavy atom. The summed E-state index contributed by atoms with van der Waals surface area (Å²) in [4.78, 5) is 27.7. The molecule has 0 saturated carbocycles. The summed E-state index contributed by atoms with van der Waals surface area (Å²) < 4.78 is 16.8. The van der Waals surface area contributed by atoms with E-state index in [1.807, 2.05) is 36.4 Å². The van der Waals surface area contributed by atoms with E-state index in [1.54, 1.807) is 55.3 Å². The molecule has 1 N–H and O–H groups in total. The molecule has 4 rings (SSSR count). The molecule has 0 spiro atoms. The van der Waals surface area contributed by atoms with Gasteiger partial charge in [-0.1, -0.05) is 36.4 Å². The summed E-state index contributed by atoms with van der Waals surface area (Å²) in [6.07, 6.45) is 0.559. The lowest BCUT2D eigenvalue weighted by molar-refractivity contribution is -0.147. The molecule has 0 aliphatic carbocycles. The first-order chi connectivity index (χ1) is 18.5. The van der Waals surface area contributed by atoms with Crippen LogP contribution in [0.4, 0.5) is 5.69 Å². The van der Waals surface area contributed by atoms with Crippen LogP contribution >= 0.6 is 0 Å². The van der Waals surface area contributed by atoms with Gasteiger partial charge in [0.15, 0.2) is 11.5 Å². The molecule has 1 fully saturated rings. The number of likely N-dealkylation sites (tertiary alicyclic amines) is 1. The van der Waals surface area contributed by atoms with Gasteiger partial charge in [0.2, 0.25) is 5.91 Å². The average Bonchev–Trinajstić information content (AvgIpc) is 3.46. The first kappa shape index (κ1) is 26.6. The molecule has 8 nitrogen and oxygen atoms in total. The normalized spacial score (nSPS) is 15.3. The van der Waals surface area contributed by atoms with Gasteiger partial charge in [0.1, 0.15) is 12.6 Å². The number of esters is 1. The van der Waals surface area contributed by atoms with Gasteiger partial charge < -0.3 is 24.4 Å². The van der Waals surface area contributed by atoms with E-state index in [0.29, 0.717) is 61.0 Å². The third-order valence-electron chi connectivity index (χ3n) is 6.45. The zero-order valence-corrected chi connectivity index (χ0v) is 21.6. The van der Waals surface area contributed by atoms with Crippen LogP contribution < -0.4 is 14.8 Å². The number of ether oxygens (including phenoxy) is 3. The van der Waals surface area contributed by atoms with Crippen molar-refractivity contribution in [1.29, 1.82) is 5.26 Å². The quantitative estimate of drug-likeness (QED) is 0.392. The third-order valence-corrected chi connectivity index (χ3v) is 6.45. The molecule has 1 aliphatic rings. The molecule has 0 bridgehead atoms. The highest BCUT2D eigenvalue weighted by atomic mass is 16.5. The number of carbonyl (C=O) groups is 2. The van der Waals surface area contributed by atoms with Crippen molar-refractivity contribution in [3.8, 4) is 17.6 Å². The van der Waals surface area contributed by atoms with Crippen molar-refractivity contribution in [2.24, 2.45) is 5.92 Å². The summed E-state index contributed by atoms with van der Waals surface area (Å²) in [5, 5.41) is 12.4. The van der Waals surface area contributed by atoms with Gasteiger partial charge in [-0.15, -0.1) is 0 Å². The van der Waals surface area contributed by atoms with Crippen molar-refractivity contribution in [3.63, 3.8) is 0 Å². The third kappa shape index (κ3) is 6.43. The number of anilines is 1. The van der Waals surface area contributed by atoms with Crippen molar-refractivity contribution in [1.82, 2.24) is 4.90 Å². The van der Waals surface area contributed by atoms with E-state index < -0.39 is 6.04 Å². The summed E-state index contributed by atoms with van der Waals surface area (Å²) in [5.41, 5.74) is 2.92. The smallest absolute Gasteiger partial charge is 0.310 e. The Labute approximate surface area is 222 Å². The molecule has 3 aromatic rings. The Morgan fingerprint density at radius 2 is 1.84 bits per heavy atom. The van der Waals surface area contributed by atoms with Gasteiger partial charge in [-0.2, -0.15) is 5.26 Å². The molecule has 1 amide bonds. The number of nitrogens with zero attached hydrogens (tertiary/aromatic N) is 2. The van der Waals surface area contributed by atoms with E-state index in [4.69, 9.17) is 19.5 Å². The van der Waals surface area contributed by atoms with Crippen LogP contribution in [0.25, 0.3) is 0 Å². The molecule has 1 heterocycles. The lowest BCUT2D eigenvalue weighted by Gasteiger charge is -2.26. The number of methoxy groups -OCH3 is 1. The lowest BCUT2D eigenvalue weighted by Crippen LogP contribution is -2.37. The van der Waals surface area contributed by atoms with Crippen LogP contribution in [0.3, 0.4) is 0 Å². The molecule has 0 radical (unpaired) electrons. The van der Waals surface area contributed by atoms with E-state index in [-0.39, 0.29) is 17.8 Å². The maximum atomic E-state index is 13.8. The van der Waals surface area contributed by atoms with E-state index in [9.17, 15) is 9.59 Å². The highest BCUT2D eigenvalue weighted by Crippen LogP contribution is 2.34. The second-order valence-corrected chi connectivity index (χ2v) is 8.97. The molecule has 3 aromatic carbocycles. The Hall–Kier alpha value is -4.51. The highest BCUT2D eigenvalue weighted by molar-refractivity contribution is 5.87. The summed E-state index contributed by atoms with van der Waals surface area (Å²) in [6.45, 7) is 3.23. The van der Waals surface area contributed by atoms with Crippen LogP contribution in [0.2, 0.25) is 0 Å². The van der Waals surface area contributed by atoms with Gasteiger partial charge in [0.25, 0.3) is 0 Å². The van der Waals surface area contributed by atoms with Crippen molar-refractivity contribution >= 4 is 17.6 Å². The minimum atomic E-state index is -0.749. The monoisotopic (exact) mass is 513 g/mol. The predicted molar refractivity (Wildman–Crippen MR) is 143 cm³/mol. The Bertz CT molecular complexity index is 1290. The fourth-order valence-electron chi connectivity index (χ4n) is 4.41. The molecule has 1 saturated heterocycles. The van der Waals surface area contributed by atoms with Gasteiger partial charge in [-0.25, -0.2) is 0 Å². The van der Waals surface area contributed by atoms with Crippen LogP contribution in [0.15, 0.2) is 72.8 Å². The molecular weight excluding hydrogens is 482 g/mol. The molecule has 0 aromatic heterocycles. The molecule has 196 valence electrons. The van der Waals surface area contributed by atoms with Crippen molar-refractivity contribution in [3.05, 3.63) is 89.5 Å². The molecule has 38 heavy (non-hydrogen) atoms.